The third-order valence-corrected chi connectivity index (χ3v) is 4.36. The molecule has 0 aromatic heterocycles. The normalized spacial score (nSPS) is 10.4. The number of nitrogens with zero attached hydrogens (tertiary/aromatic N) is 1. The topological polar surface area (TPSA) is 67.9 Å². The molecule has 6 nitrogen and oxygen atoms in total. The highest BCUT2D eigenvalue weighted by Gasteiger charge is 2.19. The van der Waals surface area contributed by atoms with E-state index in [4.69, 9.17) is 9.47 Å². The zero-order valence-electron chi connectivity index (χ0n) is 17.7. The van der Waals surface area contributed by atoms with Crippen molar-refractivity contribution in [1.82, 2.24) is 10.2 Å². The van der Waals surface area contributed by atoms with Gasteiger partial charge < -0.3 is 19.7 Å². The van der Waals surface area contributed by atoms with Crippen LogP contribution in [-0.2, 0) is 11.3 Å². The van der Waals surface area contributed by atoms with Crippen LogP contribution in [0.25, 0.3) is 0 Å². The van der Waals surface area contributed by atoms with Crippen LogP contribution in [0.3, 0.4) is 0 Å². The lowest BCUT2D eigenvalue weighted by Crippen LogP contribution is -2.40. The fourth-order valence-corrected chi connectivity index (χ4v) is 2.78. The number of amides is 2. The Labute approximate surface area is 177 Å². The molecule has 0 heterocycles. The Morgan fingerprint density at radius 3 is 2.37 bits per heavy atom. The van der Waals surface area contributed by atoms with Gasteiger partial charge in [0.1, 0.15) is 5.82 Å². The predicted octanol–water partition coefficient (Wildman–Crippen LogP) is 3.79. The molecular formula is C23H29FN2O4. The highest BCUT2D eigenvalue weighted by atomic mass is 19.1. The Balaban J connectivity index is 2.02. The molecule has 2 aromatic rings. The van der Waals surface area contributed by atoms with Crippen LogP contribution in [0.2, 0.25) is 0 Å². The number of benzene rings is 2. The average molecular weight is 416 g/mol. The van der Waals surface area contributed by atoms with Gasteiger partial charge in [-0.2, -0.15) is 0 Å². The molecule has 0 aliphatic heterocycles. The number of nitrogens with one attached hydrogen (secondary N) is 1. The lowest BCUT2D eigenvalue weighted by Gasteiger charge is -2.21. The van der Waals surface area contributed by atoms with Crippen LogP contribution in [0.15, 0.2) is 42.5 Å². The summed E-state index contributed by atoms with van der Waals surface area (Å²) < 4.78 is 24.3. The van der Waals surface area contributed by atoms with E-state index >= 15 is 0 Å². The molecule has 0 saturated heterocycles. The van der Waals surface area contributed by atoms with E-state index in [0.717, 1.165) is 12.0 Å². The number of halogens is 1. The summed E-state index contributed by atoms with van der Waals surface area (Å²) in [4.78, 5) is 26.7. The van der Waals surface area contributed by atoms with Gasteiger partial charge in [-0.1, -0.05) is 19.1 Å². The number of ether oxygens (including phenoxy) is 2. The number of carbonyl (C=O) groups excluding carboxylic acids is 2. The van der Waals surface area contributed by atoms with Crippen molar-refractivity contribution in [3.8, 4) is 11.5 Å². The second-order valence-corrected chi connectivity index (χ2v) is 6.67. The van der Waals surface area contributed by atoms with Crippen molar-refractivity contribution >= 4 is 11.8 Å². The van der Waals surface area contributed by atoms with Gasteiger partial charge in [-0.25, -0.2) is 4.39 Å². The van der Waals surface area contributed by atoms with Gasteiger partial charge in [0.25, 0.3) is 5.91 Å². The summed E-state index contributed by atoms with van der Waals surface area (Å²) in [5, 5.41) is 2.75. The van der Waals surface area contributed by atoms with Crippen LogP contribution in [0.1, 0.15) is 43.1 Å². The molecule has 30 heavy (non-hydrogen) atoms. The molecule has 0 radical (unpaired) electrons. The Hall–Kier alpha value is -3.09. The van der Waals surface area contributed by atoms with E-state index in [1.165, 1.54) is 17.0 Å². The quantitative estimate of drug-likeness (QED) is 0.605. The fourth-order valence-electron chi connectivity index (χ4n) is 2.78. The lowest BCUT2D eigenvalue weighted by atomic mass is 10.1. The van der Waals surface area contributed by atoms with Crippen molar-refractivity contribution in [3.05, 3.63) is 59.4 Å². The van der Waals surface area contributed by atoms with Crippen molar-refractivity contribution in [2.75, 3.05) is 26.3 Å². The smallest absolute Gasteiger partial charge is 0.254 e. The van der Waals surface area contributed by atoms with Crippen molar-refractivity contribution in [2.45, 2.75) is 33.7 Å². The first-order chi connectivity index (χ1) is 14.5. The van der Waals surface area contributed by atoms with Crippen LogP contribution in [-0.4, -0.2) is 43.0 Å². The Morgan fingerprint density at radius 1 is 1.00 bits per heavy atom. The molecule has 2 aromatic carbocycles. The van der Waals surface area contributed by atoms with Crippen LogP contribution >= 0.6 is 0 Å². The summed E-state index contributed by atoms with van der Waals surface area (Å²) in [6, 6.07) is 10.9. The van der Waals surface area contributed by atoms with Gasteiger partial charge >= 0.3 is 0 Å². The van der Waals surface area contributed by atoms with Gasteiger partial charge in [0.05, 0.1) is 19.8 Å². The monoisotopic (exact) mass is 416 g/mol. The minimum atomic E-state index is -0.328. The molecule has 0 unspecified atom stereocenters. The van der Waals surface area contributed by atoms with E-state index in [-0.39, 0.29) is 30.7 Å². The zero-order chi connectivity index (χ0) is 21.9. The summed E-state index contributed by atoms with van der Waals surface area (Å²) >= 11 is 0. The van der Waals surface area contributed by atoms with E-state index < -0.39 is 0 Å². The number of hydrogen-bond acceptors (Lipinski definition) is 4. The van der Waals surface area contributed by atoms with Crippen LogP contribution in [0.5, 0.6) is 11.5 Å². The third kappa shape index (κ3) is 6.76. The van der Waals surface area contributed by atoms with E-state index in [1.54, 1.807) is 30.3 Å². The summed E-state index contributed by atoms with van der Waals surface area (Å²) in [6.07, 6.45) is 0.864. The highest BCUT2D eigenvalue weighted by molar-refractivity contribution is 5.97. The molecule has 2 amide bonds. The molecular weight excluding hydrogens is 387 g/mol. The predicted molar refractivity (Wildman–Crippen MR) is 113 cm³/mol. The SMILES string of the molecule is CCCOc1ccc(C(=O)N(CC)CC(=O)NCc2ccc(F)cc2)cc1OCC. The second-order valence-electron chi connectivity index (χ2n) is 6.67. The van der Waals surface area contributed by atoms with Gasteiger partial charge in [-0.05, 0) is 56.2 Å². The standard InChI is InChI=1S/C23H29FN2O4/c1-4-13-30-20-12-9-18(14-21(20)29-6-3)23(28)26(5-2)16-22(27)25-15-17-7-10-19(24)11-8-17/h7-12,14H,4-6,13,15-16H2,1-3H3,(H,25,27). The lowest BCUT2D eigenvalue weighted by molar-refractivity contribution is -0.121. The zero-order valence-corrected chi connectivity index (χ0v) is 17.7. The molecule has 162 valence electrons. The molecule has 0 spiro atoms. The van der Waals surface area contributed by atoms with E-state index in [2.05, 4.69) is 5.32 Å². The second kappa shape index (κ2) is 11.8. The molecule has 2 rings (SSSR count). The minimum Gasteiger partial charge on any atom is -0.490 e. The van der Waals surface area contributed by atoms with Gasteiger partial charge in [0, 0.05) is 18.7 Å². The molecule has 0 saturated carbocycles. The van der Waals surface area contributed by atoms with E-state index in [9.17, 15) is 14.0 Å². The Morgan fingerprint density at radius 2 is 1.73 bits per heavy atom. The summed E-state index contributed by atoms with van der Waals surface area (Å²) in [5.74, 6) is 0.217. The molecule has 0 aliphatic rings. The van der Waals surface area contributed by atoms with Gasteiger partial charge in [-0.15, -0.1) is 0 Å². The summed E-state index contributed by atoms with van der Waals surface area (Å²) in [6.45, 7) is 7.26. The number of likely N-dealkylation sites (N-methyl/N-ethyl adjacent to an activating group) is 1. The maximum atomic E-state index is 13.0. The first kappa shape index (κ1) is 23.2. The molecule has 0 fully saturated rings. The van der Waals surface area contributed by atoms with Crippen LogP contribution < -0.4 is 14.8 Å². The highest BCUT2D eigenvalue weighted by Crippen LogP contribution is 2.29. The Bertz CT molecular complexity index is 840. The molecule has 1 N–H and O–H groups in total. The first-order valence-electron chi connectivity index (χ1n) is 10.2. The maximum Gasteiger partial charge on any atom is 0.254 e. The van der Waals surface area contributed by atoms with Crippen LogP contribution in [0, 0.1) is 5.82 Å². The van der Waals surface area contributed by atoms with E-state index in [0.29, 0.717) is 36.8 Å². The number of hydrogen-bond donors (Lipinski definition) is 1. The van der Waals surface area contributed by atoms with Gasteiger partial charge in [-0.3, -0.25) is 9.59 Å². The minimum absolute atomic E-state index is 0.0748. The third-order valence-electron chi connectivity index (χ3n) is 4.36. The molecule has 0 aliphatic carbocycles. The van der Waals surface area contributed by atoms with Gasteiger partial charge in [0.15, 0.2) is 11.5 Å². The largest absolute Gasteiger partial charge is 0.490 e. The molecule has 7 heteroatoms. The van der Waals surface area contributed by atoms with Crippen molar-refractivity contribution in [2.24, 2.45) is 0 Å². The van der Waals surface area contributed by atoms with Crippen molar-refractivity contribution in [3.63, 3.8) is 0 Å². The molecule has 0 atom stereocenters. The van der Waals surface area contributed by atoms with E-state index in [1.807, 2.05) is 20.8 Å². The fraction of sp³-hybridized carbons (Fsp3) is 0.391. The van der Waals surface area contributed by atoms with Crippen molar-refractivity contribution < 1.29 is 23.5 Å². The first-order valence-corrected chi connectivity index (χ1v) is 10.2. The van der Waals surface area contributed by atoms with Crippen LogP contribution in [0.4, 0.5) is 4.39 Å². The van der Waals surface area contributed by atoms with Gasteiger partial charge in [0.2, 0.25) is 5.91 Å². The summed E-state index contributed by atoms with van der Waals surface area (Å²) in [5.41, 5.74) is 1.21. The maximum absolute atomic E-state index is 13.0. The Kier molecular flexibility index (Phi) is 9.12. The average Bonchev–Trinajstić information content (AvgIpc) is 2.76. The number of carbonyl (C=O) groups is 2. The van der Waals surface area contributed by atoms with Crippen molar-refractivity contribution in [1.29, 1.82) is 0 Å². The molecule has 0 bridgehead atoms. The number of rotatable bonds is 11. The summed E-state index contributed by atoms with van der Waals surface area (Å²) in [7, 11) is 0.